The summed E-state index contributed by atoms with van der Waals surface area (Å²) < 4.78 is 0. The van der Waals surface area contributed by atoms with Crippen LogP contribution in [0.1, 0.15) is 81.5 Å². The number of aliphatic hydroxyl groups is 1. The minimum Gasteiger partial charge on any atom is -0.508 e. The highest BCUT2D eigenvalue weighted by Gasteiger charge is 2.40. The van der Waals surface area contributed by atoms with Crippen LogP contribution in [0.15, 0.2) is 54.6 Å². The summed E-state index contributed by atoms with van der Waals surface area (Å²) in [4.78, 5) is 0. The Morgan fingerprint density at radius 1 is 0.949 bits per heavy atom. The second-order valence-electron chi connectivity index (χ2n) is 13.4. The molecule has 212 valence electrons. The van der Waals surface area contributed by atoms with Gasteiger partial charge in [0.1, 0.15) is 5.75 Å². The molecule has 7 atom stereocenters. The monoisotopic (exact) mass is 564 g/mol. The number of phenolic OH excluding ortho intramolecular Hbond substituents is 1. The van der Waals surface area contributed by atoms with E-state index in [1.54, 1.807) is 0 Å². The minimum absolute atomic E-state index is 0.288. The van der Waals surface area contributed by atoms with E-state index in [0.717, 1.165) is 49.2 Å². The molecule has 0 spiro atoms. The highest BCUT2D eigenvalue weighted by atomic mass is 33.1. The molecule has 2 aromatic carbocycles. The Balaban J connectivity index is 1.43. The van der Waals surface area contributed by atoms with E-state index in [0.29, 0.717) is 23.0 Å². The summed E-state index contributed by atoms with van der Waals surface area (Å²) >= 11 is 0. The molecule has 0 aromatic heterocycles. The summed E-state index contributed by atoms with van der Waals surface area (Å²) in [5.74, 6) is 5.80. The number of hydrogen-bond donors (Lipinski definition) is 2. The minimum atomic E-state index is -0.288. The Bertz CT molecular complexity index is 1130. The lowest BCUT2D eigenvalue weighted by Gasteiger charge is -2.46. The first kappa shape index (κ1) is 29.1. The molecule has 2 N–H and O–H groups in total. The van der Waals surface area contributed by atoms with Crippen LogP contribution in [-0.4, -0.2) is 27.8 Å². The zero-order valence-corrected chi connectivity index (χ0v) is 25.8. The molecule has 4 heteroatoms. The molecule has 2 aliphatic carbocycles. The third-order valence-electron chi connectivity index (χ3n) is 9.87. The predicted octanol–water partition coefficient (Wildman–Crippen LogP) is 8.88. The molecule has 0 unspecified atom stereocenters. The van der Waals surface area contributed by atoms with Crippen molar-refractivity contribution in [3.05, 3.63) is 76.9 Å². The van der Waals surface area contributed by atoms with Crippen LogP contribution in [-0.2, 0) is 19.3 Å². The molecule has 3 aliphatic rings. The fraction of sp³-hybridized carbons (Fsp3) is 0.600. The molecule has 2 nitrogen and oxygen atoms in total. The van der Waals surface area contributed by atoms with Gasteiger partial charge in [0.2, 0.25) is 0 Å². The molecule has 1 saturated carbocycles. The standard InChI is InChI=1S/C35H48O2S2/c1-24-7-6-12-35(3,21-24)33-17-26-13-27-14-28(20-34(37)19-27)16-31-9-5-4-8-30(31)10-11-32(25(2)36)23-39-38-22-29(15-26)18-33/h4-6,8-9,12,14,19-20,24-26,29,32-33,36-37H,7,10-11,13,15-18,21-23H2,1-3H3/t24-,25+,26+,29+,32+,33+,35+/m1/s1. The quantitative estimate of drug-likeness (QED) is 0.282. The molecule has 39 heavy (non-hydrogen) atoms. The van der Waals surface area contributed by atoms with Gasteiger partial charge in [-0.25, -0.2) is 0 Å². The Morgan fingerprint density at radius 2 is 1.69 bits per heavy atom. The fourth-order valence-electron chi connectivity index (χ4n) is 7.76. The maximum atomic E-state index is 10.7. The van der Waals surface area contributed by atoms with Crippen LogP contribution in [0.5, 0.6) is 5.75 Å². The van der Waals surface area contributed by atoms with E-state index in [2.05, 4.69) is 56.3 Å². The van der Waals surface area contributed by atoms with E-state index in [4.69, 9.17) is 0 Å². The van der Waals surface area contributed by atoms with Gasteiger partial charge in [-0.15, -0.1) is 0 Å². The summed E-state index contributed by atoms with van der Waals surface area (Å²) in [6.07, 6.45) is 15.1. The molecule has 0 saturated heterocycles. The lowest BCUT2D eigenvalue weighted by molar-refractivity contribution is 0.0932. The van der Waals surface area contributed by atoms with E-state index < -0.39 is 0 Å². The van der Waals surface area contributed by atoms with E-state index in [1.165, 1.54) is 60.1 Å². The predicted molar refractivity (Wildman–Crippen MR) is 169 cm³/mol. The number of rotatable bonds is 2. The van der Waals surface area contributed by atoms with Crippen molar-refractivity contribution in [2.75, 3.05) is 11.5 Å². The number of hydrogen-bond acceptors (Lipinski definition) is 4. The summed E-state index contributed by atoms with van der Waals surface area (Å²) in [6, 6.07) is 15.1. The van der Waals surface area contributed by atoms with Gasteiger partial charge in [0.15, 0.2) is 0 Å². The summed E-state index contributed by atoms with van der Waals surface area (Å²) in [5.41, 5.74) is 5.52. The van der Waals surface area contributed by atoms with Crippen molar-refractivity contribution in [1.29, 1.82) is 0 Å². The number of benzene rings is 2. The number of aliphatic hydroxyl groups excluding tert-OH is 1. The number of allylic oxidation sites excluding steroid dienone is 2. The van der Waals surface area contributed by atoms with Gasteiger partial charge in [0.25, 0.3) is 0 Å². The van der Waals surface area contributed by atoms with Gasteiger partial charge in [-0.1, -0.05) is 77.9 Å². The van der Waals surface area contributed by atoms with Crippen molar-refractivity contribution in [3.63, 3.8) is 0 Å². The largest absolute Gasteiger partial charge is 0.508 e. The first-order valence-electron chi connectivity index (χ1n) is 15.3. The molecule has 1 fully saturated rings. The van der Waals surface area contributed by atoms with Crippen molar-refractivity contribution >= 4 is 21.6 Å². The Kier molecular flexibility index (Phi) is 9.78. The Morgan fingerprint density at radius 3 is 2.49 bits per heavy atom. The van der Waals surface area contributed by atoms with Gasteiger partial charge in [-0.05, 0) is 134 Å². The zero-order chi connectivity index (χ0) is 27.4. The molecule has 1 heterocycles. The lowest BCUT2D eigenvalue weighted by atomic mass is 9.60. The molecule has 5 rings (SSSR count). The molecule has 4 bridgehead atoms. The van der Waals surface area contributed by atoms with Crippen molar-refractivity contribution in [1.82, 2.24) is 0 Å². The number of fused-ring (bicyclic) bond motifs is 5. The van der Waals surface area contributed by atoms with E-state index in [9.17, 15) is 10.2 Å². The number of aryl methyl sites for hydroxylation is 1. The molecule has 1 aliphatic heterocycles. The third-order valence-corrected chi connectivity index (χ3v) is 12.5. The highest BCUT2D eigenvalue weighted by Crippen LogP contribution is 2.50. The van der Waals surface area contributed by atoms with Crippen molar-refractivity contribution in [3.8, 4) is 5.75 Å². The summed E-state index contributed by atoms with van der Waals surface area (Å²) in [6.45, 7) is 6.91. The summed E-state index contributed by atoms with van der Waals surface area (Å²) in [5, 5.41) is 21.3. The van der Waals surface area contributed by atoms with Crippen LogP contribution in [0.25, 0.3) is 0 Å². The van der Waals surface area contributed by atoms with E-state index in [1.807, 2.05) is 40.6 Å². The maximum absolute atomic E-state index is 10.7. The molecular weight excluding hydrogens is 517 g/mol. The molecule has 2 aromatic rings. The van der Waals surface area contributed by atoms with Crippen LogP contribution in [0, 0.1) is 35.0 Å². The second-order valence-corrected chi connectivity index (χ2v) is 15.9. The van der Waals surface area contributed by atoms with Gasteiger partial charge >= 0.3 is 0 Å². The highest BCUT2D eigenvalue weighted by molar-refractivity contribution is 8.76. The fourth-order valence-corrected chi connectivity index (χ4v) is 10.7. The van der Waals surface area contributed by atoms with Crippen LogP contribution >= 0.6 is 21.6 Å². The normalized spacial score (nSPS) is 33.1. The number of aromatic hydroxyl groups is 1. The Labute approximate surface area is 244 Å². The average Bonchev–Trinajstić information content (AvgIpc) is 2.88. The maximum Gasteiger partial charge on any atom is 0.116 e. The van der Waals surface area contributed by atoms with Crippen LogP contribution in [0.4, 0.5) is 0 Å². The van der Waals surface area contributed by atoms with Gasteiger partial charge in [0, 0.05) is 11.5 Å². The van der Waals surface area contributed by atoms with E-state index in [-0.39, 0.29) is 6.10 Å². The van der Waals surface area contributed by atoms with Gasteiger partial charge in [0.05, 0.1) is 6.10 Å². The lowest BCUT2D eigenvalue weighted by Crippen LogP contribution is -2.37. The van der Waals surface area contributed by atoms with Crippen molar-refractivity contribution < 1.29 is 10.2 Å². The van der Waals surface area contributed by atoms with Crippen molar-refractivity contribution in [2.24, 2.45) is 35.0 Å². The first-order valence-corrected chi connectivity index (χ1v) is 17.7. The van der Waals surface area contributed by atoms with Gasteiger partial charge in [-0.3, -0.25) is 0 Å². The third kappa shape index (κ3) is 7.68. The smallest absolute Gasteiger partial charge is 0.116 e. The average molecular weight is 565 g/mol. The topological polar surface area (TPSA) is 40.5 Å². The molecule has 0 radical (unpaired) electrons. The zero-order valence-electron chi connectivity index (χ0n) is 24.1. The van der Waals surface area contributed by atoms with Crippen LogP contribution < -0.4 is 0 Å². The van der Waals surface area contributed by atoms with Gasteiger partial charge < -0.3 is 10.2 Å². The number of phenols is 1. The van der Waals surface area contributed by atoms with Crippen LogP contribution in [0.2, 0.25) is 0 Å². The SMILES string of the molecule is C[C@@H]1CC=C[C@](C)([C@@H]2C[C@H]3CSSC[C@@H]([C@H](C)O)CCc4ccccc4Cc4cc(O)cc(c4)C[C@@H](C3)C2)C1. The van der Waals surface area contributed by atoms with Gasteiger partial charge in [-0.2, -0.15) is 0 Å². The molecular formula is C35H48O2S2. The Hall–Kier alpha value is -1.36. The van der Waals surface area contributed by atoms with E-state index >= 15 is 0 Å². The summed E-state index contributed by atoms with van der Waals surface area (Å²) in [7, 11) is 4.03. The van der Waals surface area contributed by atoms with Crippen LogP contribution in [0.3, 0.4) is 0 Å². The first-order chi connectivity index (χ1) is 18.8. The second kappa shape index (κ2) is 13.1. The molecule has 0 amide bonds. The van der Waals surface area contributed by atoms with Crippen molar-refractivity contribution in [2.45, 2.75) is 84.7 Å².